The van der Waals surface area contributed by atoms with Crippen LogP contribution in [0.25, 0.3) is 0 Å². The third kappa shape index (κ3) is 2.66. The molecule has 0 saturated carbocycles. The van der Waals surface area contributed by atoms with Crippen molar-refractivity contribution in [1.82, 2.24) is 0 Å². The number of anilines is 1. The van der Waals surface area contributed by atoms with Crippen molar-refractivity contribution < 1.29 is 27.9 Å². The van der Waals surface area contributed by atoms with Crippen molar-refractivity contribution in [2.24, 2.45) is 0 Å². The smallest absolute Gasteiger partial charge is 0.371 e. The van der Waals surface area contributed by atoms with Gasteiger partial charge in [-0.2, -0.15) is 0 Å². The molecule has 0 unspecified atom stereocenters. The molecule has 1 aromatic carbocycles. The summed E-state index contributed by atoms with van der Waals surface area (Å²) in [4.78, 5) is 22.3. The van der Waals surface area contributed by atoms with E-state index < -0.39 is 29.3 Å². The Balaban J connectivity index is 2.23. The molecule has 1 amide bonds. The summed E-state index contributed by atoms with van der Waals surface area (Å²) in [5.74, 6) is -4.43. The maximum absolute atomic E-state index is 13.5. The van der Waals surface area contributed by atoms with Crippen molar-refractivity contribution in [2.75, 3.05) is 5.32 Å². The van der Waals surface area contributed by atoms with E-state index in [0.717, 1.165) is 24.3 Å². The lowest BCUT2D eigenvalue weighted by Gasteiger charge is -2.06. The van der Waals surface area contributed by atoms with Gasteiger partial charge in [-0.05, 0) is 30.7 Å². The molecule has 0 fully saturated rings. The lowest BCUT2D eigenvalue weighted by atomic mass is 10.2. The third-order valence-corrected chi connectivity index (χ3v) is 2.54. The molecule has 0 bridgehead atoms. The molecule has 1 aromatic heterocycles. The van der Waals surface area contributed by atoms with Crippen LogP contribution in [-0.4, -0.2) is 17.0 Å². The molecule has 7 heteroatoms. The minimum absolute atomic E-state index is 0.103. The van der Waals surface area contributed by atoms with E-state index in [1.165, 1.54) is 6.92 Å². The van der Waals surface area contributed by atoms with Gasteiger partial charge in [-0.25, -0.2) is 13.6 Å². The zero-order valence-electron chi connectivity index (χ0n) is 10.2. The average Bonchev–Trinajstić information content (AvgIpc) is 2.85. The minimum atomic E-state index is -1.34. The molecule has 0 aliphatic rings. The minimum Gasteiger partial charge on any atom is -0.475 e. The van der Waals surface area contributed by atoms with Crippen LogP contribution in [0.1, 0.15) is 26.7 Å². The van der Waals surface area contributed by atoms with E-state index >= 15 is 0 Å². The van der Waals surface area contributed by atoms with Crippen LogP contribution in [0.5, 0.6) is 0 Å². The number of aromatic carboxylic acids is 1. The number of halogens is 2. The van der Waals surface area contributed by atoms with E-state index in [0.29, 0.717) is 0 Å². The first-order valence-corrected chi connectivity index (χ1v) is 5.48. The van der Waals surface area contributed by atoms with Gasteiger partial charge in [-0.15, -0.1) is 0 Å². The van der Waals surface area contributed by atoms with Gasteiger partial charge in [-0.3, -0.25) is 4.79 Å². The van der Waals surface area contributed by atoms with Gasteiger partial charge in [0.25, 0.3) is 5.91 Å². The number of furan rings is 1. The van der Waals surface area contributed by atoms with E-state index in [4.69, 9.17) is 9.52 Å². The van der Waals surface area contributed by atoms with Gasteiger partial charge in [-0.1, -0.05) is 0 Å². The summed E-state index contributed by atoms with van der Waals surface area (Å²) >= 11 is 0. The van der Waals surface area contributed by atoms with E-state index in [2.05, 4.69) is 5.32 Å². The van der Waals surface area contributed by atoms with E-state index in [-0.39, 0.29) is 17.0 Å². The molecule has 0 atom stereocenters. The maximum atomic E-state index is 13.5. The van der Waals surface area contributed by atoms with Gasteiger partial charge in [0.05, 0.1) is 5.69 Å². The van der Waals surface area contributed by atoms with Crippen LogP contribution < -0.4 is 5.32 Å². The fourth-order valence-electron chi connectivity index (χ4n) is 1.50. The zero-order valence-corrected chi connectivity index (χ0v) is 10.2. The van der Waals surface area contributed by atoms with Gasteiger partial charge in [0, 0.05) is 6.07 Å². The topological polar surface area (TPSA) is 79.5 Å². The third-order valence-electron chi connectivity index (χ3n) is 2.54. The number of carbonyl (C=O) groups is 2. The first kappa shape index (κ1) is 13.7. The highest BCUT2D eigenvalue weighted by Gasteiger charge is 2.17. The van der Waals surface area contributed by atoms with Gasteiger partial charge < -0.3 is 14.8 Å². The van der Waals surface area contributed by atoms with E-state index in [1.54, 1.807) is 0 Å². The Bertz CT molecular complexity index is 694. The highest BCUT2D eigenvalue weighted by molar-refractivity contribution is 6.03. The van der Waals surface area contributed by atoms with E-state index in [1.807, 2.05) is 0 Å². The molecule has 104 valence electrons. The molecular formula is C13H9F2NO4. The van der Waals surface area contributed by atoms with Crippen LogP contribution in [0, 0.1) is 18.6 Å². The van der Waals surface area contributed by atoms with Crippen molar-refractivity contribution in [3.05, 3.63) is 53.0 Å². The summed E-state index contributed by atoms with van der Waals surface area (Å²) < 4.78 is 31.6. The van der Waals surface area contributed by atoms with Crippen molar-refractivity contribution in [1.29, 1.82) is 0 Å². The van der Waals surface area contributed by atoms with Crippen molar-refractivity contribution in [3.63, 3.8) is 0 Å². The average molecular weight is 281 g/mol. The fraction of sp³-hybridized carbons (Fsp3) is 0.0769. The highest BCUT2D eigenvalue weighted by atomic mass is 19.1. The number of hydrogen-bond acceptors (Lipinski definition) is 3. The molecule has 0 spiro atoms. The number of rotatable bonds is 3. The molecular weight excluding hydrogens is 272 g/mol. The van der Waals surface area contributed by atoms with Gasteiger partial charge >= 0.3 is 5.97 Å². The quantitative estimate of drug-likeness (QED) is 0.906. The van der Waals surface area contributed by atoms with Crippen molar-refractivity contribution >= 4 is 17.6 Å². The largest absolute Gasteiger partial charge is 0.475 e. The molecule has 2 aromatic rings. The summed E-state index contributed by atoms with van der Waals surface area (Å²) in [5, 5.41) is 10.8. The first-order valence-electron chi connectivity index (χ1n) is 5.48. The van der Waals surface area contributed by atoms with Gasteiger partial charge in [0.15, 0.2) is 5.76 Å². The maximum Gasteiger partial charge on any atom is 0.371 e. The highest BCUT2D eigenvalue weighted by Crippen LogP contribution is 2.20. The summed E-state index contributed by atoms with van der Waals surface area (Å²) in [7, 11) is 0. The molecule has 5 nitrogen and oxygen atoms in total. The summed E-state index contributed by atoms with van der Waals surface area (Å²) in [6.07, 6.45) is 0. The number of aryl methyl sites for hydroxylation is 1. The number of carbonyl (C=O) groups excluding carboxylic acids is 1. The summed E-state index contributed by atoms with van der Waals surface area (Å²) in [5.41, 5.74) is -0.252. The van der Waals surface area contributed by atoms with E-state index in [9.17, 15) is 18.4 Å². The molecule has 2 rings (SSSR count). The van der Waals surface area contributed by atoms with Crippen LogP contribution in [0.3, 0.4) is 0 Å². The molecule has 0 saturated heterocycles. The second-order valence-corrected chi connectivity index (χ2v) is 4.00. The summed E-state index contributed by atoms with van der Waals surface area (Å²) in [6.45, 7) is 1.38. The molecule has 20 heavy (non-hydrogen) atoms. The second kappa shape index (κ2) is 5.12. The number of benzene rings is 1. The monoisotopic (exact) mass is 281 g/mol. The van der Waals surface area contributed by atoms with Crippen molar-refractivity contribution in [3.8, 4) is 0 Å². The Morgan fingerprint density at radius 1 is 1.15 bits per heavy atom. The number of hydrogen-bond donors (Lipinski definition) is 2. The fourth-order valence-corrected chi connectivity index (χ4v) is 1.50. The van der Waals surface area contributed by atoms with Crippen LogP contribution in [0.15, 0.2) is 28.7 Å². The molecule has 0 radical (unpaired) electrons. The first-order chi connectivity index (χ1) is 9.38. The number of amides is 1. The van der Waals surface area contributed by atoms with Crippen LogP contribution in [0.4, 0.5) is 14.5 Å². The lowest BCUT2D eigenvalue weighted by Crippen LogP contribution is -2.12. The molecule has 1 heterocycles. The Morgan fingerprint density at radius 3 is 2.40 bits per heavy atom. The Morgan fingerprint density at radius 2 is 1.80 bits per heavy atom. The summed E-state index contributed by atoms with van der Waals surface area (Å²) in [6, 6.07) is 3.99. The van der Waals surface area contributed by atoms with Crippen LogP contribution in [-0.2, 0) is 0 Å². The number of carboxylic acids is 1. The SMILES string of the molecule is Cc1cc(F)c(NC(=O)c2ccc(C(=O)O)o2)cc1F. The Kier molecular flexibility index (Phi) is 3.51. The predicted octanol–water partition coefficient (Wildman–Crippen LogP) is 2.82. The zero-order chi connectivity index (χ0) is 14.9. The Hall–Kier alpha value is -2.70. The van der Waals surface area contributed by atoms with Crippen molar-refractivity contribution in [2.45, 2.75) is 6.92 Å². The molecule has 0 aliphatic heterocycles. The Labute approximate surface area is 111 Å². The van der Waals surface area contributed by atoms with Gasteiger partial charge in [0.1, 0.15) is 11.6 Å². The standard InChI is InChI=1S/C13H9F2NO4/c1-6-4-8(15)9(5-7(6)14)16-12(17)10-2-3-11(20-10)13(18)19/h2-5H,1H3,(H,16,17)(H,18,19). The molecule has 0 aliphatic carbocycles. The van der Waals surface area contributed by atoms with Crippen LogP contribution >= 0.6 is 0 Å². The van der Waals surface area contributed by atoms with Crippen LogP contribution in [0.2, 0.25) is 0 Å². The second-order valence-electron chi connectivity index (χ2n) is 4.00. The van der Waals surface area contributed by atoms with Gasteiger partial charge in [0.2, 0.25) is 5.76 Å². The number of nitrogens with one attached hydrogen (secondary N) is 1. The number of carboxylic acid groups (broad SMARTS) is 1. The lowest BCUT2D eigenvalue weighted by molar-refractivity contribution is 0.0660. The predicted molar refractivity (Wildman–Crippen MR) is 64.7 cm³/mol. The molecule has 2 N–H and O–H groups in total. The normalized spacial score (nSPS) is 10.3.